The maximum Gasteiger partial charge on any atom is 0.152 e. The zero-order valence-corrected chi connectivity index (χ0v) is 8.53. The molecule has 0 amide bonds. The molecule has 0 unspecified atom stereocenters. The summed E-state index contributed by atoms with van der Waals surface area (Å²) in [5, 5.41) is 1.84. The molecule has 0 spiro atoms. The van der Waals surface area contributed by atoms with E-state index in [0.717, 1.165) is 12.4 Å². The molecule has 1 aromatic rings. The van der Waals surface area contributed by atoms with Crippen LogP contribution < -0.4 is 5.06 Å². The number of aromatic nitrogens is 1. The predicted octanol–water partition coefficient (Wildman–Crippen LogP) is 2.17. The molecule has 2 heterocycles. The lowest BCUT2D eigenvalue weighted by molar-refractivity contribution is 0.120. The van der Waals surface area contributed by atoms with Crippen LogP contribution in [0.15, 0.2) is 35.5 Å². The van der Waals surface area contributed by atoms with Crippen molar-refractivity contribution in [1.29, 1.82) is 0 Å². The molecule has 1 aliphatic rings. The zero-order valence-electron chi connectivity index (χ0n) is 8.53. The van der Waals surface area contributed by atoms with E-state index in [1.165, 1.54) is 11.1 Å². The van der Waals surface area contributed by atoms with Crippen LogP contribution in [0, 0.1) is 0 Å². The van der Waals surface area contributed by atoms with Crippen molar-refractivity contribution in [2.75, 3.05) is 18.2 Å². The van der Waals surface area contributed by atoms with Gasteiger partial charge in [0.1, 0.15) is 0 Å². The Kier molecular flexibility index (Phi) is 2.50. The fourth-order valence-corrected chi connectivity index (χ4v) is 1.34. The topological polar surface area (TPSA) is 25.4 Å². The molecule has 3 heteroatoms. The molecule has 1 aromatic heterocycles. The molecule has 0 saturated heterocycles. The fraction of sp³-hybridized carbons (Fsp3) is 0.364. The van der Waals surface area contributed by atoms with Crippen LogP contribution >= 0.6 is 0 Å². The van der Waals surface area contributed by atoms with Gasteiger partial charge in [0.15, 0.2) is 5.82 Å². The lowest BCUT2D eigenvalue weighted by Gasteiger charge is -2.28. The number of anilines is 1. The van der Waals surface area contributed by atoms with E-state index in [4.69, 9.17) is 4.84 Å². The molecule has 14 heavy (non-hydrogen) atoms. The van der Waals surface area contributed by atoms with E-state index in [1.54, 1.807) is 6.20 Å². The van der Waals surface area contributed by atoms with Gasteiger partial charge in [-0.2, -0.15) is 0 Å². The van der Waals surface area contributed by atoms with Crippen LogP contribution in [-0.4, -0.2) is 18.1 Å². The Morgan fingerprint density at radius 3 is 2.79 bits per heavy atom. The molecule has 0 N–H and O–H groups in total. The molecule has 1 aliphatic heterocycles. The van der Waals surface area contributed by atoms with Crippen molar-refractivity contribution < 1.29 is 4.84 Å². The highest BCUT2D eigenvalue weighted by atomic mass is 16.7. The highest BCUT2D eigenvalue weighted by Crippen LogP contribution is 2.19. The summed E-state index contributed by atoms with van der Waals surface area (Å²) in [5.41, 5.74) is 2.68. The highest BCUT2D eigenvalue weighted by Gasteiger charge is 2.15. The maximum atomic E-state index is 5.56. The molecule has 0 atom stereocenters. The lowest BCUT2D eigenvalue weighted by atomic mass is 10.1. The van der Waals surface area contributed by atoms with Crippen LogP contribution in [0.1, 0.15) is 13.8 Å². The summed E-state index contributed by atoms with van der Waals surface area (Å²) in [5.74, 6) is 0.874. The lowest BCUT2D eigenvalue weighted by Crippen LogP contribution is -2.31. The SMILES string of the molecule is CC1=C(C)CN(c2ccccn2)OC1. The van der Waals surface area contributed by atoms with Gasteiger partial charge in [0.25, 0.3) is 0 Å². The molecule has 74 valence electrons. The first kappa shape index (κ1) is 9.21. The van der Waals surface area contributed by atoms with Crippen molar-refractivity contribution in [2.45, 2.75) is 13.8 Å². The second-order valence-electron chi connectivity index (χ2n) is 3.56. The minimum atomic E-state index is 0.669. The van der Waals surface area contributed by atoms with Crippen molar-refractivity contribution in [3.05, 3.63) is 35.5 Å². The van der Waals surface area contributed by atoms with Gasteiger partial charge in [-0.15, -0.1) is 0 Å². The first-order chi connectivity index (χ1) is 6.77. The second-order valence-corrected chi connectivity index (χ2v) is 3.56. The van der Waals surface area contributed by atoms with Gasteiger partial charge < -0.3 is 0 Å². The Morgan fingerprint density at radius 2 is 2.14 bits per heavy atom. The van der Waals surface area contributed by atoms with Crippen molar-refractivity contribution in [3.8, 4) is 0 Å². The van der Waals surface area contributed by atoms with E-state index >= 15 is 0 Å². The number of pyridine rings is 1. The number of rotatable bonds is 1. The quantitative estimate of drug-likeness (QED) is 0.634. The molecule has 0 saturated carbocycles. The van der Waals surface area contributed by atoms with Gasteiger partial charge in [0.2, 0.25) is 0 Å². The summed E-state index contributed by atoms with van der Waals surface area (Å²) >= 11 is 0. The van der Waals surface area contributed by atoms with Gasteiger partial charge in [-0.1, -0.05) is 11.6 Å². The minimum absolute atomic E-state index is 0.669. The smallest absolute Gasteiger partial charge is 0.152 e. The van der Waals surface area contributed by atoms with E-state index in [2.05, 4.69) is 18.8 Å². The Bertz CT molecular complexity index is 346. The fourth-order valence-electron chi connectivity index (χ4n) is 1.34. The third kappa shape index (κ3) is 1.77. The summed E-state index contributed by atoms with van der Waals surface area (Å²) in [6, 6.07) is 5.82. The molecular formula is C11H14N2O. The standard InChI is InChI=1S/C11H14N2O/c1-9-7-13(14-8-10(9)2)11-5-3-4-6-12-11/h3-6H,7-8H2,1-2H3. The minimum Gasteiger partial charge on any atom is -0.267 e. The Balaban J connectivity index is 2.17. The number of nitrogens with zero attached hydrogens (tertiary/aromatic N) is 2. The molecule has 0 aromatic carbocycles. The van der Waals surface area contributed by atoms with Gasteiger partial charge in [-0.25, -0.2) is 10.0 Å². The van der Waals surface area contributed by atoms with Gasteiger partial charge in [-0.05, 0) is 31.6 Å². The van der Waals surface area contributed by atoms with Crippen molar-refractivity contribution in [1.82, 2.24) is 4.98 Å². The van der Waals surface area contributed by atoms with E-state index in [-0.39, 0.29) is 0 Å². The van der Waals surface area contributed by atoms with E-state index in [0.29, 0.717) is 6.61 Å². The van der Waals surface area contributed by atoms with Crippen LogP contribution in [0.4, 0.5) is 5.82 Å². The molecule has 0 fully saturated rings. The van der Waals surface area contributed by atoms with Gasteiger partial charge in [0, 0.05) is 6.20 Å². The van der Waals surface area contributed by atoms with Crippen molar-refractivity contribution in [2.24, 2.45) is 0 Å². The van der Waals surface area contributed by atoms with Crippen LogP contribution in [-0.2, 0) is 4.84 Å². The number of hydrogen-bond acceptors (Lipinski definition) is 3. The molecule has 0 radical (unpaired) electrons. The van der Waals surface area contributed by atoms with E-state index < -0.39 is 0 Å². The highest BCUT2D eigenvalue weighted by molar-refractivity contribution is 5.38. The molecule has 3 nitrogen and oxygen atoms in total. The van der Waals surface area contributed by atoms with Gasteiger partial charge in [0.05, 0.1) is 13.2 Å². The summed E-state index contributed by atoms with van der Waals surface area (Å²) in [6.07, 6.45) is 1.78. The molecule has 0 bridgehead atoms. The second kappa shape index (κ2) is 3.80. The summed E-state index contributed by atoms with van der Waals surface area (Å²) in [7, 11) is 0. The first-order valence-corrected chi connectivity index (χ1v) is 4.74. The van der Waals surface area contributed by atoms with Crippen LogP contribution in [0.5, 0.6) is 0 Å². The average molecular weight is 190 g/mol. The zero-order chi connectivity index (χ0) is 9.97. The summed E-state index contributed by atoms with van der Waals surface area (Å²) in [6.45, 7) is 5.71. The Labute approximate surface area is 84.0 Å². The van der Waals surface area contributed by atoms with Crippen molar-refractivity contribution in [3.63, 3.8) is 0 Å². The molecule has 0 aliphatic carbocycles. The van der Waals surface area contributed by atoms with Crippen molar-refractivity contribution >= 4 is 5.82 Å². The van der Waals surface area contributed by atoms with Crippen LogP contribution in [0.2, 0.25) is 0 Å². The third-order valence-electron chi connectivity index (χ3n) is 2.45. The largest absolute Gasteiger partial charge is 0.267 e. The van der Waals surface area contributed by atoms with Crippen LogP contribution in [0.25, 0.3) is 0 Å². The number of hydroxylamine groups is 1. The third-order valence-corrected chi connectivity index (χ3v) is 2.45. The molecular weight excluding hydrogens is 176 g/mol. The first-order valence-electron chi connectivity index (χ1n) is 4.74. The Hall–Kier alpha value is -1.35. The monoisotopic (exact) mass is 190 g/mol. The summed E-state index contributed by atoms with van der Waals surface area (Å²) in [4.78, 5) is 9.80. The van der Waals surface area contributed by atoms with E-state index in [1.807, 2.05) is 23.3 Å². The predicted molar refractivity (Wildman–Crippen MR) is 55.9 cm³/mol. The maximum absolute atomic E-state index is 5.56. The average Bonchev–Trinajstić information content (AvgIpc) is 2.23. The van der Waals surface area contributed by atoms with Crippen LogP contribution in [0.3, 0.4) is 0 Å². The Morgan fingerprint density at radius 1 is 1.29 bits per heavy atom. The van der Waals surface area contributed by atoms with E-state index in [9.17, 15) is 0 Å². The number of hydrogen-bond donors (Lipinski definition) is 0. The van der Waals surface area contributed by atoms with Gasteiger partial charge >= 0.3 is 0 Å². The summed E-state index contributed by atoms with van der Waals surface area (Å²) < 4.78 is 0. The normalized spacial score (nSPS) is 17.4. The molecule has 2 rings (SSSR count). The van der Waals surface area contributed by atoms with Gasteiger partial charge in [-0.3, -0.25) is 4.84 Å².